The second kappa shape index (κ2) is 6.35. The molecular formula is C16H25NO. The van der Waals surface area contributed by atoms with Crippen LogP contribution in [0.5, 0.6) is 0 Å². The van der Waals surface area contributed by atoms with E-state index in [9.17, 15) is 0 Å². The molecule has 0 spiro atoms. The van der Waals surface area contributed by atoms with Gasteiger partial charge in [-0.1, -0.05) is 37.3 Å². The first-order chi connectivity index (χ1) is 8.76. The lowest BCUT2D eigenvalue weighted by atomic mass is 10.0. The third-order valence-corrected chi connectivity index (χ3v) is 4.04. The number of hydrogen-bond donors (Lipinski definition) is 1. The molecule has 2 nitrogen and oxygen atoms in total. The summed E-state index contributed by atoms with van der Waals surface area (Å²) in [5.41, 5.74) is 1.50. The first kappa shape index (κ1) is 13.6. The van der Waals surface area contributed by atoms with Gasteiger partial charge in [0.05, 0.1) is 6.10 Å². The maximum absolute atomic E-state index is 5.41. The minimum absolute atomic E-state index is 0.339. The Morgan fingerprint density at radius 2 is 2.06 bits per heavy atom. The molecule has 0 heterocycles. The average Bonchev–Trinajstić information content (AvgIpc) is 3.19. The molecule has 18 heavy (non-hydrogen) atoms. The number of rotatable bonds is 7. The van der Waals surface area contributed by atoms with Crippen molar-refractivity contribution in [3.63, 3.8) is 0 Å². The highest BCUT2D eigenvalue weighted by Crippen LogP contribution is 2.50. The molecule has 1 aliphatic rings. The smallest absolute Gasteiger partial charge is 0.0558 e. The fourth-order valence-electron chi connectivity index (χ4n) is 2.87. The number of ether oxygens (including phenoxy) is 1. The van der Waals surface area contributed by atoms with E-state index in [1.807, 2.05) is 0 Å². The molecule has 4 atom stereocenters. The van der Waals surface area contributed by atoms with Crippen LogP contribution in [0.2, 0.25) is 0 Å². The normalized spacial score (nSPS) is 25.7. The topological polar surface area (TPSA) is 21.3 Å². The van der Waals surface area contributed by atoms with E-state index in [-0.39, 0.29) is 0 Å². The van der Waals surface area contributed by atoms with Crippen LogP contribution < -0.4 is 5.32 Å². The van der Waals surface area contributed by atoms with Crippen LogP contribution in [0.25, 0.3) is 0 Å². The molecule has 2 heteroatoms. The number of hydrogen-bond acceptors (Lipinski definition) is 2. The van der Waals surface area contributed by atoms with Crippen LogP contribution in [0.1, 0.15) is 38.2 Å². The Morgan fingerprint density at radius 1 is 1.33 bits per heavy atom. The Morgan fingerprint density at radius 3 is 2.67 bits per heavy atom. The summed E-state index contributed by atoms with van der Waals surface area (Å²) in [5.74, 6) is 1.53. The fourth-order valence-corrected chi connectivity index (χ4v) is 2.87. The van der Waals surface area contributed by atoms with Crippen LogP contribution in [0.3, 0.4) is 0 Å². The second-order valence-electron chi connectivity index (χ2n) is 5.36. The Bertz CT molecular complexity index is 351. The summed E-state index contributed by atoms with van der Waals surface area (Å²) in [7, 11) is 1.80. The largest absolute Gasteiger partial charge is 0.382 e. The molecule has 2 rings (SSSR count). The SMILES string of the molecule is CCNC(CC(C)OC)C1CC1c1ccccc1. The van der Waals surface area contributed by atoms with Gasteiger partial charge in [-0.3, -0.25) is 0 Å². The summed E-state index contributed by atoms with van der Waals surface area (Å²) in [4.78, 5) is 0. The Hall–Kier alpha value is -0.860. The molecule has 0 amide bonds. The van der Waals surface area contributed by atoms with Gasteiger partial charge in [-0.05, 0) is 43.7 Å². The average molecular weight is 247 g/mol. The molecule has 0 aromatic heterocycles. The van der Waals surface area contributed by atoms with Gasteiger partial charge >= 0.3 is 0 Å². The van der Waals surface area contributed by atoms with Gasteiger partial charge in [-0.2, -0.15) is 0 Å². The number of nitrogens with one attached hydrogen (secondary N) is 1. The molecule has 1 aromatic carbocycles. The van der Waals surface area contributed by atoms with E-state index >= 15 is 0 Å². The highest BCUT2D eigenvalue weighted by Gasteiger charge is 2.43. The van der Waals surface area contributed by atoms with E-state index in [1.54, 1.807) is 7.11 Å². The standard InChI is InChI=1S/C16H25NO/c1-4-17-16(10-12(2)18-3)15-11-14(15)13-8-6-5-7-9-13/h5-9,12,14-17H,4,10-11H2,1-3H3. The van der Waals surface area contributed by atoms with Crippen molar-refractivity contribution in [1.82, 2.24) is 5.32 Å². The summed E-state index contributed by atoms with van der Waals surface area (Å²) in [6, 6.07) is 11.5. The molecule has 0 bridgehead atoms. The predicted octanol–water partition coefficient (Wildman–Crippen LogP) is 3.19. The maximum atomic E-state index is 5.41. The van der Waals surface area contributed by atoms with Crippen LogP contribution in [-0.2, 0) is 4.74 Å². The van der Waals surface area contributed by atoms with Gasteiger partial charge in [0.1, 0.15) is 0 Å². The lowest BCUT2D eigenvalue weighted by Gasteiger charge is -2.21. The predicted molar refractivity (Wildman–Crippen MR) is 75.8 cm³/mol. The van der Waals surface area contributed by atoms with E-state index < -0.39 is 0 Å². The second-order valence-corrected chi connectivity index (χ2v) is 5.36. The third kappa shape index (κ3) is 3.33. The van der Waals surface area contributed by atoms with Gasteiger partial charge in [0.25, 0.3) is 0 Å². The minimum Gasteiger partial charge on any atom is -0.382 e. The third-order valence-electron chi connectivity index (χ3n) is 4.04. The molecule has 0 saturated heterocycles. The van der Waals surface area contributed by atoms with Gasteiger partial charge in [0.15, 0.2) is 0 Å². The zero-order chi connectivity index (χ0) is 13.0. The summed E-state index contributed by atoms with van der Waals surface area (Å²) in [6.07, 6.45) is 2.77. The Kier molecular flexibility index (Phi) is 4.79. The number of benzene rings is 1. The van der Waals surface area contributed by atoms with Crippen LogP contribution >= 0.6 is 0 Å². The zero-order valence-electron chi connectivity index (χ0n) is 11.7. The van der Waals surface area contributed by atoms with Gasteiger partial charge in [-0.25, -0.2) is 0 Å². The van der Waals surface area contributed by atoms with Crippen molar-refractivity contribution in [2.75, 3.05) is 13.7 Å². The van der Waals surface area contributed by atoms with Crippen LogP contribution in [0, 0.1) is 5.92 Å². The molecule has 0 radical (unpaired) electrons. The Balaban J connectivity index is 1.94. The van der Waals surface area contributed by atoms with Gasteiger partial charge in [-0.15, -0.1) is 0 Å². The molecule has 4 unspecified atom stereocenters. The summed E-state index contributed by atoms with van der Waals surface area (Å²) in [6.45, 7) is 5.38. The van der Waals surface area contributed by atoms with Gasteiger partial charge in [0, 0.05) is 13.2 Å². The van der Waals surface area contributed by atoms with E-state index in [0.29, 0.717) is 12.1 Å². The van der Waals surface area contributed by atoms with Crippen LogP contribution in [0.15, 0.2) is 30.3 Å². The summed E-state index contributed by atoms with van der Waals surface area (Å²) in [5, 5.41) is 3.63. The molecular weight excluding hydrogens is 222 g/mol. The molecule has 1 N–H and O–H groups in total. The lowest BCUT2D eigenvalue weighted by Crippen LogP contribution is -2.34. The van der Waals surface area contributed by atoms with Crippen molar-refractivity contribution in [3.05, 3.63) is 35.9 Å². The lowest BCUT2D eigenvalue weighted by molar-refractivity contribution is 0.0976. The minimum atomic E-state index is 0.339. The maximum Gasteiger partial charge on any atom is 0.0558 e. The molecule has 1 saturated carbocycles. The van der Waals surface area contributed by atoms with Crippen molar-refractivity contribution in [2.24, 2.45) is 5.92 Å². The van der Waals surface area contributed by atoms with Crippen molar-refractivity contribution >= 4 is 0 Å². The van der Waals surface area contributed by atoms with Crippen molar-refractivity contribution in [2.45, 2.75) is 44.8 Å². The summed E-state index contributed by atoms with van der Waals surface area (Å²) < 4.78 is 5.41. The van der Waals surface area contributed by atoms with Gasteiger partial charge in [0.2, 0.25) is 0 Å². The zero-order valence-corrected chi connectivity index (χ0v) is 11.7. The van der Waals surface area contributed by atoms with E-state index in [0.717, 1.165) is 24.8 Å². The molecule has 100 valence electrons. The molecule has 1 aromatic rings. The first-order valence-electron chi connectivity index (χ1n) is 7.07. The number of methoxy groups -OCH3 is 1. The quantitative estimate of drug-likeness (QED) is 0.799. The van der Waals surface area contributed by atoms with Gasteiger partial charge < -0.3 is 10.1 Å². The first-order valence-corrected chi connectivity index (χ1v) is 7.07. The molecule has 0 aliphatic heterocycles. The highest BCUT2D eigenvalue weighted by atomic mass is 16.5. The summed E-state index contributed by atoms with van der Waals surface area (Å²) >= 11 is 0. The van der Waals surface area contributed by atoms with E-state index in [2.05, 4.69) is 49.5 Å². The van der Waals surface area contributed by atoms with Crippen LogP contribution in [-0.4, -0.2) is 25.8 Å². The Labute approximate surface area is 111 Å². The fraction of sp³-hybridized carbons (Fsp3) is 0.625. The highest BCUT2D eigenvalue weighted by molar-refractivity contribution is 5.26. The van der Waals surface area contributed by atoms with Crippen molar-refractivity contribution in [1.29, 1.82) is 0 Å². The van der Waals surface area contributed by atoms with Crippen molar-refractivity contribution in [3.8, 4) is 0 Å². The van der Waals surface area contributed by atoms with E-state index in [4.69, 9.17) is 4.74 Å². The molecule has 1 fully saturated rings. The van der Waals surface area contributed by atoms with Crippen molar-refractivity contribution < 1.29 is 4.74 Å². The monoisotopic (exact) mass is 247 g/mol. The molecule has 1 aliphatic carbocycles. The van der Waals surface area contributed by atoms with Crippen LogP contribution in [0.4, 0.5) is 0 Å². The van der Waals surface area contributed by atoms with E-state index in [1.165, 1.54) is 12.0 Å².